The Morgan fingerprint density at radius 2 is 2.00 bits per heavy atom. The molecule has 0 radical (unpaired) electrons. The molecule has 1 aromatic heterocycles. The molecule has 5 heteroatoms. The summed E-state index contributed by atoms with van der Waals surface area (Å²) in [5, 5.41) is 5.02. The molecular weight excluding hydrogens is 328 g/mol. The van der Waals surface area contributed by atoms with Crippen LogP contribution in [0.5, 0.6) is 0 Å². The number of Topliss-reactive ketones (excluding diaryl/α,β-unsaturated/α-hetero) is 1. The van der Waals surface area contributed by atoms with Crippen LogP contribution in [0.15, 0.2) is 28.7 Å². The summed E-state index contributed by atoms with van der Waals surface area (Å²) in [5.41, 5.74) is 2.54. The minimum absolute atomic E-state index is 0.0584. The maximum atomic E-state index is 12.2. The molecule has 0 spiro atoms. The summed E-state index contributed by atoms with van der Waals surface area (Å²) in [6.45, 7) is 2.04. The molecule has 0 atom stereocenters. The number of aromatic nitrogens is 2. The molecule has 19 heavy (non-hydrogen) atoms. The van der Waals surface area contributed by atoms with Gasteiger partial charge in [-0.3, -0.25) is 9.48 Å². The fourth-order valence-corrected chi connectivity index (χ4v) is 2.78. The van der Waals surface area contributed by atoms with Gasteiger partial charge in [0.1, 0.15) is 0 Å². The van der Waals surface area contributed by atoms with Crippen LogP contribution in [0.25, 0.3) is 0 Å². The molecule has 0 saturated heterocycles. The molecule has 0 fully saturated rings. The lowest BCUT2D eigenvalue weighted by Gasteiger charge is -2.03. The average molecular weight is 342 g/mol. The lowest BCUT2D eigenvalue weighted by molar-refractivity contribution is 0.0990. The number of ketones is 1. The number of carbonyl (C=O) groups excluding carboxylic acids is 1. The van der Waals surface area contributed by atoms with E-state index in [1.54, 1.807) is 28.9 Å². The normalized spacial score (nSPS) is 10.7. The van der Waals surface area contributed by atoms with Crippen LogP contribution in [0.3, 0.4) is 0 Å². The third kappa shape index (κ3) is 3.07. The molecule has 100 valence electrons. The van der Waals surface area contributed by atoms with E-state index in [1.165, 1.54) is 0 Å². The zero-order valence-corrected chi connectivity index (χ0v) is 13.1. The molecule has 2 aromatic rings. The van der Waals surface area contributed by atoms with Gasteiger partial charge in [0.15, 0.2) is 5.78 Å². The second-order valence-corrected chi connectivity index (χ2v) is 5.52. The molecule has 3 nitrogen and oxygen atoms in total. The second-order valence-electron chi connectivity index (χ2n) is 4.29. The minimum atomic E-state index is 0.0584. The topological polar surface area (TPSA) is 34.9 Å². The van der Waals surface area contributed by atoms with Gasteiger partial charge in [0.25, 0.3) is 0 Å². The molecule has 1 aromatic carbocycles. The highest BCUT2D eigenvalue weighted by atomic mass is 79.9. The summed E-state index contributed by atoms with van der Waals surface area (Å²) in [5.74, 6) is 0.0584. The van der Waals surface area contributed by atoms with Crippen molar-refractivity contribution in [3.05, 3.63) is 50.7 Å². The Morgan fingerprint density at radius 3 is 2.53 bits per heavy atom. The Kier molecular flexibility index (Phi) is 4.42. The highest BCUT2D eigenvalue weighted by Crippen LogP contribution is 2.23. The zero-order valence-electron chi connectivity index (χ0n) is 10.8. The molecule has 0 saturated carbocycles. The Labute approximate surface area is 125 Å². The van der Waals surface area contributed by atoms with Gasteiger partial charge >= 0.3 is 0 Å². The van der Waals surface area contributed by atoms with Gasteiger partial charge in [0.05, 0.1) is 22.3 Å². The van der Waals surface area contributed by atoms with Crippen LogP contribution in [0.2, 0.25) is 5.02 Å². The molecule has 0 aliphatic rings. The molecule has 0 amide bonds. The van der Waals surface area contributed by atoms with Gasteiger partial charge in [-0.25, -0.2) is 0 Å². The van der Waals surface area contributed by atoms with Crippen molar-refractivity contribution in [2.75, 3.05) is 0 Å². The number of hydrogen-bond donors (Lipinski definition) is 0. The molecule has 2 rings (SSSR count). The van der Waals surface area contributed by atoms with Gasteiger partial charge in [-0.2, -0.15) is 5.10 Å². The van der Waals surface area contributed by atoms with Crippen LogP contribution >= 0.6 is 27.5 Å². The van der Waals surface area contributed by atoms with Crippen molar-refractivity contribution in [2.24, 2.45) is 7.05 Å². The standard InChI is InChI=1S/C14H14BrClN2O/c1-3-11-14(15)12(18(2)17-11)8-13(19)9-4-6-10(16)7-5-9/h4-7H,3,8H2,1-2H3. The summed E-state index contributed by atoms with van der Waals surface area (Å²) in [6.07, 6.45) is 1.16. The monoisotopic (exact) mass is 340 g/mol. The number of halogens is 2. The van der Waals surface area contributed by atoms with E-state index in [0.29, 0.717) is 17.0 Å². The fourth-order valence-electron chi connectivity index (χ4n) is 1.90. The first-order valence-corrected chi connectivity index (χ1v) is 7.19. The lowest BCUT2D eigenvalue weighted by atomic mass is 10.1. The molecule has 0 aliphatic carbocycles. The van der Waals surface area contributed by atoms with E-state index < -0.39 is 0 Å². The highest BCUT2D eigenvalue weighted by molar-refractivity contribution is 9.10. The predicted molar refractivity (Wildman–Crippen MR) is 79.8 cm³/mol. The molecule has 0 aliphatic heterocycles. The van der Waals surface area contributed by atoms with Crippen LogP contribution in [0.1, 0.15) is 28.7 Å². The van der Waals surface area contributed by atoms with E-state index in [9.17, 15) is 4.79 Å². The second kappa shape index (κ2) is 5.88. The third-order valence-corrected chi connectivity index (χ3v) is 4.16. The summed E-state index contributed by atoms with van der Waals surface area (Å²) < 4.78 is 2.69. The third-order valence-electron chi connectivity index (χ3n) is 3.00. The maximum Gasteiger partial charge on any atom is 0.168 e. The van der Waals surface area contributed by atoms with Crippen molar-refractivity contribution in [3.63, 3.8) is 0 Å². The molecule has 1 heterocycles. The summed E-state index contributed by atoms with van der Waals surface area (Å²) in [7, 11) is 1.86. The Bertz CT molecular complexity index is 605. The smallest absolute Gasteiger partial charge is 0.168 e. The maximum absolute atomic E-state index is 12.2. The molecule has 0 bridgehead atoms. The average Bonchev–Trinajstić information content (AvgIpc) is 2.67. The van der Waals surface area contributed by atoms with Gasteiger partial charge in [-0.05, 0) is 46.6 Å². The zero-order chi connectivity index (χ0) is 14.0. The summed E-state index contributed by atoms with van der Waals surface area (Å²) >= 11 is 9.33. The number of nitrogens with zero attached hydrogens (tertiary/aromatic N) is 2. The largest absolute Gasteiger partial charge is 0.294 e. The minimum Gasteiger partial charge on any atom is -0.294 e. The van der Waals surface area contributed by atoms with E-state index in [2.05, 4.69) is 21.0 Å². The number of rotatable bonds is 4. The first-order valence-electron chi connectivity index (χ1n) is 6.02. The van der Waals surface area contributed by atoms with Crippen molar-refractivity contribution < 1.29 is 4.79 Å². The van der Waals surface area contributed by atoms with E-state index >= 15 is 0 Å². The quantitative estimate of drug-likeness (QED) is 0.792. The van der Waals surface area contributed by atoms with E-state index in [0.717, 1.165) is 22.3 Å². The van der Waals surface area contributed by atoms with Gasteiger partial charge in [-0.1, -0.05) is 18.5 Å². The van der Waals surface area contributed by atoms with Crippen LogP contribution in [-0.2, 0) is 19.9 Å². The van der Waals surface area contributed by atoms with Crippen LogP contribution in [0, 0.1) is 0 Å². The van der Waals surface area contributed by atoms with Crippen LogP contribution in [0.4, 0.5) is 0 Å². The SMILES string of the molecule is CCc1nn(C)c(CC(=O)c2ccc(Cl)cc2)c1Br. The summed E-state index contributed by atoms with van der Waals surface area (Å²) in [6, 6.07) is 6.94. The Morgan fingerprint density at radius 1 is 1.37 bits per heavy atom. The summed E-state index contributed by atoms with van der Waals surface area (Å²) in [4.78, 5) is 12.2. The van der Waals surface area contributed by atoms with E-state index in [-0.39, 0.29) is 5.78 Å². The van der Waals surface area contributed by atoms with Crippen LogP contribution < -0.4 is 0 Å². The molecule has 0 unspecified atom stereocenters. The van der Waals surface area contributed by atoms with Crippen molar-refractivity contribution in [1.29, 1.82) is 0 Å². The van der Waals surface area contributed by atoms with Gasteiger partial charge in [0.2, 0.25) is 0 Å². The molecule has 0 N–H and O–H groups in total. The lowest BCUT2D eigenvalue weighted by Crippen LogP contribution is -2.08. The number of carbonyl (C=O) groups is 1. The fraction of sp³-hybridized carbons (Fsp3) is 0.286. The first-order chi connectivity index (χ1) is 9.02. The van der Waals surface area contributed by atoms with Gasteiger partial charge < -0.3 is 0 Å². The number of hydrogen-bond acceptors (Lipinski definition) is 2. The Hall–Kier alpha value is -1.13. The Balaban J connectivity index is 2.24. The van der Waals surface area contributed by atoms with Crippen molar-refractivity contribution in [2.45, 2.75) is 19.8 Å². The van der Waals surface area contributed by atoms with Crippen molar-refractivity contribution >= 4 is 33.3 Å². The van der Waals surface area contributed by atoms with Crippen LogP contribution in [-0.4, -0.2) is 15.6 Å². The van der Waals surface area contributed by atoms with Gasteiger partial charge in [0, 0.05) is 17.6 Å². The van der Waals surface area contributed by atoms with Gasteiger partial charge in [-0.15, -0.1) is 0 Å². The molecular formula is C14H14BrClN2O. The van der Waals surface area contributed by atoms with E-state index in [1.807, 2.05) is 14.0 Å². The van der Waals surface area contributed by atoms with Crippen molar-refractivity contribution in [3.8, 4) is 0 Å². The number of benzene rings is 1. The van der Waals surface area contributed by atoms with E-state index in [4.69, 9.17) is 11.6 Å². The predicted octanol–water partition coefficient (Wildman–Crippen LogP) is 3.82. The highest BCUT2D eigenvalue weighted by Gasteiger charge is 2.16. The first kappa shape index (κ1) is 14.3. The number of aryl methyl sites for hydroxylation is 2. The van der Waals surface area contributed by atoms with Crippen molar-refractivity contribution in [1.82, 2.24) is 9.78 Å².